The fourth-order valence-electron chi connectivity index (χ4n) is 5.29. The highest BCUT2D eigenvalue weighted by Gasteiger charge is 2.47. The van der Waals surface area contributed by atoms with E-state index in [0.717, 1.165) is 47.8 Å². The van der Waals surface area contributed by atoms with Crippen molar-refractivity contribution in [3.63, 3.8) is 0 Å². The summed E-state index contributed by atoms with van der Waals surface area (Å²) in [7, 11) is 0. The highest BCUT2D eigenvalue weighted by Crippen LogP contribution is 2.40. The fourth-order valence-corrected chi connectivity index (χ4v) is 5.29. The Bertz CT molecular complexity index is 1210. The molecule has 35 heavy (non-hydrogen) atoms. The summed E-state index contributed by atoms with van der Waals surface area (Å²) in [6, 6.07) is 8.66. The van der Waals surface area contributed by atoms with Gasteiger partial charge in [0.2, 0.25) is 5.88 Å². The average molecular weight is 477 g/mol. The third kappa shape index (κ3) is 4.35. The predicted octanol–water partition coefficient (Wildman–Crippen LogP) is 4.59. The van der Waals surface area contributed by atoms with Crippen molar-refractivity contribution in [1.29, 1.82) is 0 Å². The van der Waals surface area contributed by atoms with Gasteiger partial charge in [0, 0.05) is 36.7 Å². The van der Waals surface area contributed by atoms with Crippen molar-refractivity contribution >= 4 is 17.1 Å². The molecule has 1 aliphatic carbocycles. The lowest BCUT2D eigenvalue weighted by molar-refractivity contribution is -0.111. The van der Waals surface area contributed by atoms with Gasteiger partial charge in [-0.15, -0.1) is 0 Å². The zero-order valence-electron chi connectivity index (χ0n) is 20.3. The number of likely N-dealkylation sites (tertiary alicyclic amines) is 1. The van der Waals surface area contributed by atoms with Crippen molar-refractivity contribution < 1.29 is 19.0 Å². The summed E-state index contributed by atoms with van der Waals surface area (Å²) in [6.45, 7) is 6.41. The number of aromatic amines is 1. The number of carbonyl (C=O) groups excluding carboxylic acids is 1. The number of fused-ring (bicyclic) bond motifs is 3. The minimum absolute atomic E-state index is 0.0626. The molecule has 1 N–H and O–H groups in total. The van der Waals surface area contributed by atoms with Crippen LogP contribution >= 0.6 is 0 Å². The van der Waals surface area contributed by atoms with E-state index in [0.29, 0.717) is 32.2 Å². The molecule has 3 aromatic rings. The molecule has 0 spiro atoms. The number of rotatable bonds is 6. The molecule has 8 heteroatoms. The summed E-state index contributed by atoms with van der Waals surface area (Å²) in [6.07, 6.45) is 7.34. The maximum atomic E-state index is 12.7. The maximum absolute atomic E-state index is 12.7. The van der Waals surface area contributed by atoms with Crippen molar-refractivity contribution in [1.82, 2.24) is 19.9 Å². The third-order valence-electron chi connectivity index (χ3n) is 7.53. The van der Waals surface area contributed by atoms with E-state index >= 15 is 0 Å². The molecule has 1 aromatic carbocycles. The number of benzene rings is 1. The number of carbonyl (C=O) groups is 1. The molecular formula is C27H32N4O4. The summed E-state index contributed by atoms with van der Waals surface area (Å²) in [5, 5.41) is 0. The van der Waals surface area contributed by atoms with Gasteiger partial charge in [0.1, 0.15) is 29.1 Å². The molecule has 6 rings (SSSR count). The van der Waals surface area contributed by atoms with Crippen molar-refractivity contribution in [2.45, 2.75) is 51.2 Å². The molecule has 2 bridgehead atoms. The van der Waals surface area contributed by atoms with E-state index in [9.17, 15) is 4.79 Å². The first-order valence-corrected chi connectivity index (χ1v) is 12.7. The standard InChI is InChI=1S/C27H32N4O4/c1-3-4-17-5-7-18(8-6-17)21-11-28-23-22(21)29-16-30-25(23)34-24-19-12-31(13-20(24)15-33-14-19)26(32)35-27(2)9-10-27/h5-8,11,16,19-20,24,28H,3-4,9-10,12-15H2,1-2H3. The molecule has 3 fully saturated rings. The first kappa shape index (κ1) is 22.3. The number of aromatic nitrogens is 3. The summed E-state index contributed by atoms with van der Waals surface area (Å²) < 4.78 is 18.1. The van der Waals surface area contributed by atoms with Gasteiger partial charge in [-0.1, -0.05) is 37.6 Å². The molecule has 8 nitrogen and oxygen atoms in total. The Labute approximate surface area is 205 Å². The summed E-state index contributed by atoms with van der Waals surface area (Å²) in [5.74, 6) is 0.674. The minimum atomic E-state index is -0.274. The lowest BCUT2D eigenvalue weighted by Crippen LogP contribution is -2.59. The Balaban J connectivity index is 1.21. The molecule has 2 aliphatic heterocycles. The van der Waals surface area contributed by atoms with Gasteiger partial charge in [0.05, 0.1) is 13.2 Å². The van der Waals surface area contributed by atoms with Gasteiger partial charge >= 0.3 is 6.09 Å². The predicted molar refractivity (Wildman–Crippen MR) is 131 cm³/mol. The second-order valence-corrected chi connectivity index (χ2v) is 10.4. The van der Waals surface area contributed by atoms with Crippen LogP contribution in [0, 0.1) is 11.8 Å². The van der Waals surface area contributed by atoms with Crippen LogP contribution in [0.15, 0.2) is 36.8 Å². The number of hydrogen-bond acceptors (Lipinski definition) is 6. The van der Waals surface area contributed by atoms with Gasteiger partial charge < -0.3 is 24.1 Å². The number of aryl methyl sites for hydroxylation is 1. The summed E-state index contributed by atoms with van der Waals surface area (Å²) in [4.78, 5) is 26.9. The van der Waals surface area contributed by atoms with E-state index in [-0.39, 0.29) is 29.6 Å². The lowest BCUT2D eigenvalue weighted by Gasteiger charge is -2.46. The summed E-state index contributed by atoms with van der Waals surface area (Å²) >= 11 is 0. The van der Waals surface area contributed by atoms with E-state index in [1.807, 2.05) is 18.0 Å². The Morgan fingerprint density at radius 1 is 1.17 bits per heavy atom. The Morgan fingerprint density at radius 3 is 2.60 bits per heavy atom. The topological polar surface area (TPSA) is 89.6 Å². The average Bonchev–Trinajstić information content (AvgIpc) is 3.40. The zero-order chi connectivity index (χ0) is 24.0. The van der Waals surface area contributed by atoms with Gasteiger partial charge in [-0.25, -0.2) is 9.78 Å². The first-order chi connectivity index (χ1) is 17.0. The van der Waals surface area contributed by atoms with Crippen LogP contribution in [0.25, 0.3) is 22.2 Å². The van der Waals surface area contributed by atoms with Gasteiger partial charge in [-0.3, -0.25) is 0 Å². The first-order valence-electron chi connectivity index (χ1n) is 12.7. The number of amides is 1. The van der Waals surface area contributed by atoms with E-state index in [1.165, 1.54) is 5.56 Å². The second kappa shape index (κ2) is 8.82. The fraction of sp³-hybridized carbons (Fsp3) is 0.519. The molecule has 4 heterocycles. The van der Waals surface area contributed by atoms with Crippen molar-refractivity contribution in [2.75, 3.05) is 26.3 Å². The second-order valence-electron chi connectivity index (χ2n) is 10.4. The molecule has 3 aliphatic rings. The number of H-pyrrole nitrogens is 1. The smallest absolute Gasteiger partial charge is 0.410 e. The molecule has 0 radical (unpaired) electrons. The highest BCUT2D eigenvalue weighted by atomic mass is 16.6. The van der Waals surface area contributed by atoms with Crippen LogP contribution in [0.3, 0.4) is 0 Å². The van der Waals surface area contributed by atoms with Gasteiger partial charge in [-0.2, -0.15) is 4.98 Å². The van der Waals surface area contributed by atoms with E-state index in [1.54, 1.807) is 6.33 Å². The molecule has 2 unspecified atom stereocenters. The molecule has 1 saturated carbocycles. The number of hydrogen-bond donors (Lipinski definition) is 1. The minimum Gasteiger partial charge on any atom is -0.472 e. The Hall–Kier alpha value is -3.13. The number of piperidine rings is 1. The molecule has 2 atom stereocenters. The van der Waals surface area contributed by atoms with Crippen LogP contribution in [0.5, 0.6) is 5.88 Å². The van der Waals surface area contributed by atoms with Crippen LogP contribution < -0.4 is 4.74 Å². The Morgan fingerprint density at radius 2 is 1.91 bits per heavy atom. The van der Waals surface area contributed by atoms with Crippen LogP contribution in [0.1, 0.15) is 38.7 Å². The monoisotopic (exact) mass is 476 g/mol. The van der Waals surface area contributed by atoms with Crippen molar-refractivity contribution in [2.24, 2.45) is 11.8 Å². The number of nitrogens with one attached hydrogen (secondary N) is 1. The van der Waals surface area contributed by atoms with Crippen LogP contribution in [0.2, 0.25) is 0 Å². The van der Waals surface area contributed by atoms with Crippen molar-refractivity contribution in [3.05, 3.63) is 42.4 Å². The van der Waals surface area contributed by atoms with Crippen LogP contribution in [-0.2, 0) is 15.9 Å². The molecular weight excluding hydrogens is 444 g/mol. The van der Waals surface area contributed by atoms with E-state index < -0.39 is 0 Å². The SMILES string of the molecule is CCCc1ccc(-c2c[nH]c3c(OC4C5COCC4CN(C(=O)OC4(C)CC4)C5)ncnc23)cc1. The van der Waals surface area contributed by atoms with Gasteiger partial charge in [0.15, 0.2) is 0 Å². The van der Waals surface area contributed by atoms with E-state index in [2.05, 4.69) is 46.1 Å². The molecule has 184 valence electrons. The normalized spacial score (nSPS) is 24.9. The van der Waals surface area contributed by atoms with Gasteiger partial charge in [-0.05, 0) is 37.3 Å². The number of ether oxygens (including phenoxy) is 3. The third-order valence-corrected chi connectivity index (χ3v) is 7.53. The van der Waals surface area contributed by atoms with Crippen molar-refractivity contribution in [3.8, 4) is 17.0 Å². The van der Waals surface area contributed by atoms with Gasteiger partial charge in [0.25, 0.3) is 0 Å². The molecule has 2 saturated heterocycles. The largest absolute Gasteiger partial charge is 0.472 e. The molecule has 1 amide bonds. The van der Waals surface area contributed by atoms with Crippen LogP contribution in [0.4, 0.5) is 4.79 Å². The molecule has 2 aromatic heterocycles. The highest BCUT2D eigenvalue weighted by molar-refractivity contribution is 5.94. The van der Waals surface area contributed by atoms with Crippen LogP contribution in [-0.4, -0.2) is 64.0 Å². The lowest BCUT2D eigenvalue weighted by atomic mass is 9.84. The summed E-state index contributed by atoms with van der Waals surface area (Å²) in [5.41, 5.74) is 4.85. The van der Waals surface area contributed by atoms with E-state index in [4.69, 9.17) is 14.2 Å². The quantitative estimate of drug-likeness (QED) is 0.560. The zero-order valence-corrected chi connectivity index (χ0v) is 20.3. The number of nitrogens with zero attached hydrogens (tertiary/aromatic N) is 3. The maximum Gasteiger partial charge on any atom is 0.410 e. The Kier molecular flexibility index (Phi) is 5.63.